The smallest absolute Gasteiger partial charge is 0.264 e. The highest BCUT2D eigenvalue weighted by Crippen LogP contribution is 2.40. The number of hydrogen-bond acceptors (Lipinski definition) is 8. The van der Waals surface area contributed by atoms with E-state index in [9.17, 15) is 10.2 Å². The molecule has 0 bridgehead atoms. The van der Waals surface area contributed by atoms with Gasteiger partial charge in [-0.05, 0) is 12.1 Å². The molecule has 2 aromatic rings. The number of benzene rings is 1. The Kier molecular flexibility index (Phi) is 4.33. The van der Waals surface area contributed by atoms with Crippen molar-refractivity contribution in [1.29, 1.82) is 0 Å². The van der Waals surface area contributed by atoms with Gasteiger partial charge in [0.25, 0.3) is 17.5 Å². The number of ether oxygens (including phenoxy) is 3. The molecule has 1 aliphatic heterocycles. The van der Waals surface area contributed by atoms with E-state index >= 15 is 0 Å². The van der Waals surface area contributed by atoms with Crippen LogP contribution in [-0.4, -0.2) is 53.6 Å². The van der Waals surface area contributed by atoms with Crippen molar-refractivity contribution in [2.24, 2.45) is 0 Å². The van der Waals surface area contributed by atoms with Crippen molar-refractivity contribution >= 4 is 5.95 Å². The van der Waals surface area contributed by atoms with Crippen LogP contribution in [0.1, 0.15) is 0 Å². The third-order valence-corrected chi connectivity index (χ3v) is 3.39. The molecule has 0 spiro atoms. The van der Waals surface area contributed by atoms with E-state index in [4.69, 9.17) is 14.2 Å². The number of morpholine rings is 1. The Morgan fingerprint density at radius 2 is 1.65 bits per heavy atom. The normalized spacial score (nSPS) is 14.6. The van der Waals surface area contributed by atoms with Crippen molar-refractivity contribution in [3.63, 3.8) is 0 Å². The minimum atomic E-state index is -0.440. The molecule has 0 radical (unpaired) electrons. The van der Waals surface area contributed by atoms with E-state index < -0.39 is 11.8 Å². The lowest BCUT2D eigenvalue weighted by Gasteiger charge is -2.26. The van der Waals surface area contributed by atoms with Crippen LogP contribution >= 0.6 is 0 Å². The zero-order valence-corrected chi connectivity index (χ0v) is 12.6. The lowest BCUT2D eigenvalue weighted by molar-refractivity contribution is 0.122. The van der Waals surface area contributed by atoms with Crippen LogP contribution in [0.15, 0.2) is 24.3 Å². The van der Waals surface area contributed by atoms with E-state index in [1.165, 1.54) is 7.11 Å². The summed E-state index contributed by atoms with van der Waals surface area (Å²) in [5.41, 5.74) is 0. The first-order valence-corrected chi connectivity index (χ1v) is 7.12. The average molecular weight is 319 g/mol. The third kappa shape index (κ3) is 3.21. The van der Waals surface area contributed by atoms with E-state index in [0.717, 1.165) is 0 Å². The zero-order chi connectivity index (χ0) is 16.2. The Hall–Kier alpha value is -2.74. The number of hydrogen-bond donors (Lipinski definition) is 2. The van der Waals surface area contributed by atoms with Crippen molar-refractivity contribution in [3.8, 4) is 29.0 Å². The van der Waals surface area contributed by atoms with Crippen molar-refractivity contribution in [2.45, 2.75) is 0 Å². The van der Waals surface area contributed by atoms with Gasteiger partial charge in [-0.3, -0.25) is 0 Å². The minimum Gasteiger partial charge on any atom is -0.493 e. The quantitative estimate of drug-likeness (QED) is 0.875. The van der Waals surface area contributed by atoms with E-state index in [0.29, 0.717) is 37.8 Å². The van der Waals surface area contributed by atoms with E-state index in [1.54, 1.807) is 24.3 Å². The van der Waals surface area contributed by atoms with E-state index in [1.807, 2.05) is 4.90 Å². The van der Waals surface area contributed by atoms with Crippen LogP contribution < -0.4 is 14.4 Å². The summed E-state index contributed by atoms with van der Waals surface area (Å²) in [4.78, 5) is 9.81. The Morgan fingerprint density at radius 1 is 1.04 bits per heavy atom. The lowest BCUT2D eigenvalue weighted by Crippen LogP contribution is -2.37. The summed E-state index contributed by atoms with van der Waals surface area (Å²) in [5.74, 6) is -0.0659. The maximum absolute atomic E-state index is 10.1. The summed E-state index contributed by atoms with van der Waals surface area (Å²) < 4.78 is 15.9. The molecule has 0 atom stereocenters. The second-order valence-electron chi connectivity index (χ2n) is 4.85. The predicted octanol–water partition coefficient (Wildman–Crippen LogP) is 1.53. The first kappa shape index (κ1) is 15.2. The molecule has 8 heteroatoms. The fraction of sp³-hybridized carbons (Fsp3) is 0.333. The molecule has 0 unspecified atom stereocenters. The summed E-state index contributed by atoms with van der Waals surface area (Å²) in [5, 5.41) is 20.2. The van der Waals surface area contributed by atoms with Gasteiger partial charge in [-0.2, -0.15) is 9.97 Å². The van der Waals surface area contributed by atoms with Gasteiger partial charge in [0.1, 0.15) is 0 Å². The second kappa shape index (κ2) is 6.57. The van der Waals surface area contributed by atoms with E-state index in [2.05, 4.69) is 9.97 Å². The van der Waals surface area contributed by atoms with Gasteiger partial charge < -0.3 is 29.3 Å². The number of para-hydroxylation sites is 2. The fourth-order valence-electron chi connectivity index (χ4n) is 2.23. The summed E-state index contributed by atoms with van der Waals surface area (Å²) in [7, 11) is 1.50. The number of nitrogens with zero attached hydrogens (tertiary/aromatic N) is 3. The maximum atomic E-state index is 10.1. The summed E-state index contributed by atoms with van der Waals surface area (Å²) in [6.07, 6.45) is 0. The molecule has 1 saturated heterocycles. The molecule has 0 amide bonds. The molecule has 1 fully saturated rings. The highest BCUT2D eigenvalue weighted by Gasteiger charge is 2.21. The number of methoxy groups -OCH3 is 1. The van der Waals surface area contributed by atoms with Gasteiger partial charge in [-0.15, -0.1) is 0 Å². The fourth-order valence-corrected chi connectivity index (χ4v) is 2.23. The molecule has 3 rings (SSSR count). The van der Waals surface area contributed by atoms with Crippen molar-refractivity contribution in [1.82, 2.24) is 9.97 Å². The molecule has 23 heavy (non-hydrogen) atoms. The highest BCUT2D eigenvalue weighted by molar-refractivity contribution is 5.51. The molecule has 1 aromatic carbocycles. The van der Waals surface area contributed by atoms with Crippen LogP contribution in [0.25, 0.3) is 0 Å². The SMILES string of the molecule is COc1ccccc1Oc1c(O)nc(N2CCOCC2)nc1O. The van der Waals surface area contributed by atoms with Crippen LogP contribution in [0.4, 0.5) is 5.95 Å². The van der Waals surface area contributed by atoms with Crippen molar-refractivity contribution in [2.75, 3.05) is 38.3 Å². The van der Waals surface area contributed by atoms with Gasteiger partial charge in [0, 0.05) is 13.1 Å². The Balaban J connectivity index is 1.88. The molecular formula is C15H17N3O5. The van der Waals surface area contributed by atoms with Gasteiger partial charge in [-0.1, -0.05) is 12.1 Å². The minimum absolute atomic E-state index is 0.216. The van der Waals surface area contributed by atoms with Crippen LogP contribution in [0, 0.1) is 0 Å². The maximum Gasteiger partial charge on any atom is 0.264 e. The Labute approximate surface area is 132 Å². The Bertz CT molecular complexity index is 666. The first-order valence-electron chi connectivity index (χ1n) is 7.12. The summed E-state index contributed by atoms with van der Waals surface area (Å²) >= 11 is 0. The largest absolute Gasteiger partial charge is 0.493 e. The van der Waals surface area contributed by atoms with Gasteiger partial charge >= 0.3 is 0 Å². The topological polar surface area (TPSA) is 97.2 Å². The lowest BCUT2D eigenvalue weighted by atomic mass is 10.3. The second-order valence-corrected chi connectivity index (χ2v) is 4.85. The summed E-state index contributed by atoms with van der Waals surface area (Å²) in [6, 6.07) is 6.87. The van der Waals surface area contributed by atoms with Gasteiger partial charge in [-0.25, -0.2) is 0 Å². The standard InChI is InChI=1S/C15H17N3O5/c1-21-10-4-2-3-5-11(10)23-12-13(19)16-15(17-14(12)20)18-6-8-22-9-7-18/h2-5H,6-9H2,1H3,(H2,16,17,19,20). The molecule has 1 aliphatic rings. The van der Waals surface area contributed by atoms with Crippen LogP contribution in [0.2, 0.25) is 0 Å². The number of rotatable bonds is 4. The number of anilines is 1. The molecule has 0 saturated carbocycles. The van der Waals surface area contributed by atoms with E-state index in [-0.39, 0.29) is 11.7 Å². The first-order chi connectivity index (χ1) is 11.2. The molecular weight excluding hydrogens is 302 g/mol. The number of aromatic nitrogens is 2. The predicted molar refractivity (Wildman–Crippen MR) is 81.5 cm³/mol. The van der Waals surface area contributed by atoms with Crippen molar-refractivity contribution in [3.05, 3.63) is 24.3 Å². The van der Waals surface area contributed by atoms with Crippen molar-refractivity contribution < 1.29 is 24.4 Å². The monoisotopic (exact) mass is 319 g/mol. The molecule has 2 N–H and O–H groups in total. The van der Waals surface area contributed by atoms with Gasteiger partial charge in [0.15, 0.2) is 11.5 Å². The number of aromatic hydroxyl groups is 2. The van der Waals surface area contributed by atoms with Crippen LogP contribution in [0.5, 0.6) is 29.0 Å². The highest BCUT2D eigenvalue weighted by atomic mass is 16.5. The van der Waals surface area contributed by atoms with Crippen LogP contribution in [0.3, 0.4) is 0 Å². The van der Waals surface area contributed by atoms with Gasteiger partial charge in [0.2, 0.25) is 5.95 Å². The zero-order valence-electron chi connectivity index (χ0n) is 12.6. The molecule has 1 aromatic heterocycles. The summed E-state index contributed by atoms with van der Waals surface area (Å²) in [6.45, 7) is 2.27. The molecule has 0 aliphatic carbocycles. The van der Waals surface area contributed by atoms with Gasteiger partial charge in [0.05, 0.1) is 20.3 Å². The molecule has 122 valence electrons. The Morgan fingerprint density at radius 3 is 2.26 bits per heavy atom. The molecule has 8 nitrogen and oxygen atoms in total. The molecule has 2 heterocycles. The third-order valence-electron chi connectivity index (χ3n) is 3.39. The van der Waals surface area contributed by atoms with Crippen LogP contribution in [-0.2, 0) is 4.74 Å². The average Bonchev–Trinajstić information content (AvgIpc) is 2.59.